The molecule has 0 radical (unpaired) electrons. The number of nitrogens with zero attached hydrogens (tertiary/aromatic N) is 1. The Morgan fingerprint density at radius 3 is 1.63 bits per heavy atom. The summed E-state index contributed by atoms with van der Waals surface area (Å²) >= 11 is 0. The molecular formula is C43H71NO7. The molecule has 0 N–H and O–H groups in total. The molecule has 0 bridgehead atoms. The number of hydrogen-bond acceptors (Lipinski definition) is 7. The number of allylic oxidation sites excluding steroid dienone is 12. The highest BCUT2D eigenvalue weighted by atomic mass is 16.6. The van der Waals surface area contributed by atoms with Crippen molar-refractivity contribution in [1.82, 2.24) is 0 Å². The Bertz CT molecular complexity index is 1060. The van der Waals surface area contributed by atoms with Crippen molar-refractivity contribution in [2.45, 2.75) is 142 Å². The summed E-state index contributed by atoms with van der Waals surface area (Å²) in [6, 6.07) is -0.733. The van der Waals surface area contributed by atoms with E-state index in [0.29, 0.717) is 12.8 Å². The van der Waals surface area contributed by atoms with E-state index >= 15 is 0 Å². The van der Waals surface area contributed by atoms with Crippen LogP contribution in [-0.2, 0) is 28.6 Å². The Kier molecular flexibility index (Phi) is 31.7. The molecule has 0 amide bonds. The Morgan fingerprint density at radius 2 is 1.10 bits per heavy atom. The molecule has 290 valence electrons. The minimum atomic E-state index is -1.14. The van der Waals surface area contributed by atoms with Gasteiger partial charge in [-0.3, -0.25) is 9.59 Å². The van der Waals surface area contributed by atoms with Gasteiger partial charge in [-0.2, -0.15) is 0 Å². The van der Waals surface area contributed by atoms with Gasteiger partial charge in [0.05, 0.1) is 40.3 Å². The summed E-state index contributed by atoms with van der Waals surface area (Å²) in [6.07, 6.45) is 40.7. The number of carboxylic acids is 1. The van der Waals surface area contributed by atoms with E-state index in [1.807, 2.05) is 60.8 Å². The van der Waals surface area contributed by atoms with E-state index in [-0.39, 0.29) is 42.7 Å². The third-order valence-corrected chi connectivity index (χ3v) is 8.27. The van der Waals surface area contributed by atoms with Crippen LogP contribution in [0.3, 0.4) is 0 Å². The van der Waals surface area contributed by atoms with Gasteiger partial charge < -0.3 is 28.6 Å². The van der Waals surface area contributed by atoms with Gasteiger partial charge in [0.25, 0.3) is 0 Å². The number of unbranched alkanes of at least 4 members (excludes halogenated alkanes) is 12. The molecule has 0 saturated heterocycles. The Balaban J connectivity index is 4.50. The minimum absolute atomic E-state index is 0.0233. The molecule has 0 saturated carbocycles. The molecule has 2 unspecified atom stereocenters. The number of carboxylic acid groups (broad SMARTS) is 1. The summed E-state index contributed by atoms with van der Waals surface area (Å²) < 4.78 is 17.0. The van der Waals surface area contributed by atoms with Crippen LogP contribution in [0.25, 0.3) is 0 Å². The fraction of sp³-hybridized carbons (Fsp3) is 0.651. The van der Waals surface area contributed by atoms with E-state index in [0.717, 1.165) is 51.4 Å². The smallest absolute Gasteiger partial charge is 0.306 e. The molecule has 0 rings (SSSR count). The van der Waals surface area contributed by atoms with Gasteiger partial charge in [0.15, 0.2) is 6.10 Å². The van der Waals surface area contributed by atoms with Crippen molar-refractivity contribution >= 4 is 17.9 Å². The highest BCUT2D eigenvalue weighted by Gasteiger charge is 2.25. The lowest BCUT2D eigenvalue weighted by molar-refractivity contribution is -0.889. The van der Waals surface area contributed by atoms with E-state index in [2.05, 4.69) is 26.0 Å². The number of ether oxygens (including phenoxy) is 3. The summed E-state index contributed by atoms with van der Waals surface area (Å²) in [7, 11) is 5.37. The topological polar surface area (TPSA) is 102 Å². The molecule has 2 atom stereocenters. The van der Waals surface area contributed by atoms with E-state index in [1.165, 1.54) is 44.9 Å². The zero-order chi connectivity index (χ0) is 37.8. The number of rotatable bonds is 33. The zero-order valence-corrected chi connectivity index (χ0v) is 32.7. The second-order valence-corrected chi connectivity index (χ2v) is 13.9. The number of carbonyl (C=O) groups is 3. The van der Waals surface area contributed by atoms with Gasteiger partial charge in [-0.15, -0.1) is 0 Å². The van der Waals surface area contributed by atoms with Gasteiger partial charge in [-0.05, 0) is 32.1 Å². The summed E-state index contributed by atoms with van der Waals surface area (Å²) in [5.41, 5.74) is 0. The van der Waals surface area contributed by atoms with Gasteiger partial charge >= 0.3 is 11.9 Å². The van der Waals surface area contributed by atoms with E-state index < -0.39 is 18.1 Å². The first-order valence-corrected chi connectivity index (χ1v) is 19.5. The van der Waals surface area contributed by atoms with Crippen molar-refractivity contribution in [1.29, 1.82) is 0 Å². The quantitative estimate of drug-likeness (QED) is 0.0290. The largest absolute Gasteiger partial charge is 0.544 e. The highest BCUT2D eigenvalue weighted by Crippen LogP contribution is 2.13. The van der Waals surface area contributed by atoms with Crippen LogP contribution in [0.15, 0.2) is 72.9 Å². The number of esters is 2. The lowest BCUT2D eigenvalue weighted by atomic mass is 10.1. The van der Waals surface area contributed by atoms with Gasteiger partial charge in [0, 0.05) is 19.3 Å². The Labute approximate surface area is 311 Å². The van der Waals surface area contributed by atoms with Crippen molar-refractivity contribution in [3.8, 4) is 0 Å². The number of carbonyl (C=O) groups excluding carboxylic acids is 3. The molecule has 0 fully saturated rings. The Morgan fingerprint density at radius 1 is 0.608 bits per heavy atom. The molecule has 0 aliphatic heterocycles. The first-order valence-electron chi connectivity index (χ1n) is 19.5. The third kappa shape index (κ3) is 32.4. The number of likely N-dealkylation sites (N-methyl/N-ethyl adjacent to an activating group) is 1. The third-order valence-electron chi connectivity index (χ3n) is 8.27. The summed E-state index contributed by atoms with van der Waals surface area (Å²) in [5, 5.41) is 11.6. The first-order chi connectivity index (χ1) is 24.6. The predicted molar refractivity (Wildman–Crippen MR) is 208 cm³/mol. The minimum Gasteiger partial charge on any atom is -0.544 e. The van der Waals surface area contributed by atoms with Gasteiger partial charge in [-0.25, -0.2) is 0 Å². The number of quaternary nitrogens is 1. The van der Waals surface area contributed by atoms with Gasteiger partial charge in [-0.1, -0.05) is 151 Å². The van der Waals surface area contributed by atoms with E-state index in [1.54, 1.807) is 21.1 Å². The van der Waals surface area contributed by atoms with E-state index in [9.17, 15) is 19.5 Å². The lowest BCUT2D eigenvalue weighted by Crippen LogP contribution is -2.55. The maximum atomic E-state index is 12.6. The van der Waals surface area contributed by atoms with Gasteiger partial charge in [0.2, 0.25) is 0 Å². The normalized spacial score (nSPS) is 13.8. The molecule has 0 aromatic carbocycles. The molecule has 51 heavy (non-hydrogen) atoms. The van der Waals surface area contributed by atoms with Gasteiger partial charge in [0.1, 0.15) is 12.6 Å². The molecule has 0 aliphatic carbocycles. The maximum absolute atomic E-state index is 12.6. The number of hydrogen-bond donors (Lipinski definition) is 0. The molecule has 0 aromatic rings. The predicted octanol–water partition coefficient (Wildman–Crippen LogP) is 8.68. The SMILES string of the molecule is CC/C=C/C=C/C=C/C=C/C=C/C=C/CCCCCC(=O)OCC(COCCC(C(=O)[O-])[N+](C)(C)C)OC(=O)CCCCCCCCCCCC. The molecule has 0 aromatic heterocycles. The fourth-order valence-corrected chi connectivity index (χ4v) is 5.22. The van der Waals surface area contributed by atoms with Crippen molar-refractivity contribution in [2.24, 2.45) is 0 Å². The molecule has 8 heteroatoms. The summed E-state index contributed by atoms with van der Waals surface area (Å²) in [4.78, 5) is 36.6. The summed E-state index contributed by atoms with van der Waals surface area (Å²) in [6.45, 7) is 4.43. The maximum Gasteiger partial charge on any atom is 0.306 e. The molecule has 0 heterocycles. The van der Waals surface area contributed by atoms with Crippen molar-refractivity contribution < 1.29 is 38.2 Å². The molecular weight excluding hydrogens is 642 g/mol. The van der Waals surface area contributed by atoms with Crippen molar-refractivity contribution in [3.05, 3.63) is 72.9 Å². The van der Waals surface area contributed by atoms with Crippen LogP contribution in [0.2, 0.25) is 0 Å². The van der Waals surface area contributed by atoms with Crippen molar-refractivity contribution in [3.63, 3.8) is 0 Å². The van der Waals surface area contributed by atoms with Crippen LogP contribution in [0.1, 0.15) is 129 Å². The average Bonchev–Trinajstić information content (AvgIpc) is 3.08. The second kappa shape index (κ2) is 33.9. The van der Waals surface area contributed by atoms with E-state index in [4.69, 9.17) is 14.2 Å². The molecule has 8 nitrogen and oxygen atoms in total. The van der Waals surface area contributed by atoms with Crippen LogP contribution in [0.5, 0.6) is 0 Å². The van der Waals surface area contributed by atoms with Crippen LogP contribution < -0.4 is 5.11 Å². The van der Waals surface area contributed by atoms with Crippen LogP contribution >= 0.6 is 0 Å². The Hall–Kier alpha value is -3.23. The highest BCUT2D eigenvalue weighted by molar-refractivity contribution is 5.70. The first kappa shape index (κ1) is 47.8. The molecule has 0 spiro atoms. The average molecular weight is 714 g/mol. The second-order valence-electron chi connectivity index (χ2n) is 13.9. The number of aliphatic carboxylic acids is 1. The lowest BCUT2D eigenvalue weighted by Gasteiger charge is -2.34. The van der Waals surface area contributed by atoms with Crippen LogP contribution in [-0.4, -0.2) is 75.5 Å². The van der Waals surface area contributed by atoms with Crippen molar-refractivity contribution in [2.75, 3.05) is 41.0 Å². The zero-order valence-electron chi connectivity index (χ0n) is 32.7. The standard InChI is InChI=1S/C43H71NO7/c1-6-8-10-12-14-16-18-19-20-21-22-23-24-26-27-29-31-33-41(45)50-38-39(37-49-36-35-40(43(47)48)44(3,4)5)51-42(46)34-32-30-28-25-17-15-13-11-9-7-2/h8,10,12,14,16,18-24,39-40H,6-7,9,11,13,15,17,25-38H2,1-5H3/b10-8+,14-12+,18-16+,20-19+,22-21+,24-23+. The van der Waals surface area contributed by atoms with Crippen LogP contribution in [0, 0.1) is 0 Å². The van der Waals surface area contributed by atoms with Crippen LogP contribution in [0.4, 0.5) is 0 Å². The monoisotopic (exact) mass is 714 g/mol. The fourth-order valence-electron chi connectivity index (χ4n) is 5.22. The summed E-state index contributed by atoms with van der Waals surface area (Å²) in [5.74, 6) is -1.80. The molecule has 0 aliphatic rings.